The third-order valence-corrected chi connectivity index (χ3v) is 5.62. The van der Waals surface area contributed by atoms with Crippen molar-refractivity contribution in [1.29, 1.82) is 0 Å². The fraction of sp³-hybridized carbons (Fsp3) is 0.471. The van der Waals surface area contributed by atoms with Crippen LogP contribution in [-0.4, -0.2) is 51.4 Å². The average Bonchev–Trinajstić information content (AvgIpc) is 3.16. The lowest BCUT2D eigenvalue weighted by atomic mass is 10.0. The first-order valence-electron chi connectivity index (χ1n) is 8.39. The van der Waals surface area contributed by atoms with Crippen LogP contribution in [0.25, 0.3) is 0 Å². The standard InChI is InChI=1S/C17H19F2N3O4S/c1-9-7-13(26-17(18)19)14(27-9)15(23)21-5-3-11(4-6-21)22-10(2)12(8-20-22)16(24)25/h7-8,11,17H,3-6H2,1-2H3,(H,24,25). The highest BCUT2D eigenvalue weighted by molar-refractivity contribution is 7.14. The number of hydrogen-bond donors (Lipinski definition) is 1. The molecule has 0 atom stereocenters. The molecule has 1 aliphatic rings. The van der Waals surface area contributed by atoms with Crippen LogP contribution in [0.5, 0.6) is 5.75 Å². The number of ether oxygens (including phenoxy) is 1. The summed E-state index contributed by atoms with van der Waals surface area (Å²) in [6, 6.07) is 1.43. The Morgan fingerprint density at radius 1 is 1.33 bits per heavy atom. The molecule has 146 valence electrons. The molecule has 0 spiro atoms. The van der Waals surface area contributed by atoms with Gasteiger partial charge in [-0.05, 0) is 32.8 Å². The third kappa shape index (κ3) is 3.95. The molecule has 0 radical (unpaired) electrons. The summed E-state index contributed by atoms with van der Waals surface area (Å²) < 4.78 is 31.3. The number of piperidine rings is 1. The Bertz CT molecular complexity index is 856. The van der Waals surface area contributed by atoms with Gasteiger partial charge < -0.3 is 14.7 Å². The van der Waals surface area contributed by atoms with E-state index < -0.39 is 12.6 Å². The van der Waals surface area contributed by atoms with Crippen LogP contribution in [0.1, 0.15) is 49.5 Å². The minimum Gasteiger partial charge on any atom is -0.478 e. The number of nitrogens with zero attached hydrogens (tertiary/aromatic N) is 3. The maximum atomic E-state index is 12.7. The summed E-state index contributed by atoms with van der Waals surface area (Å²) in [6.45, 7) is 1.30. The fourth-order valence-corrected chi connectivity index (χ4v) is 4.19. The Hall–Kier alpha value is -2.49. The topological polar surface area (TPSA) is 84.7 Å². The van der Waals surface area contributed by atoms with E-state index in [0.717, 1.165) is 16.2 Å². The van der Waals surface area contributed by atoms with Crippen molar-refractivity contribution < 1.29 is 28.2 Å². The van der Waals surface area contributed by atoms with E-state index in [-0.39, 0.29) is 28.1 Å². The Morgan fingerprint density at radius 3 is 2.56 bits per heavy atom. The van der Waals surface area contributed by atoms with Gasteiger partial charge in [0.15, 0.2) is 0 Å². The number of carbonyl (C=O) groups is 2. The molecule has 0 unspecified atom stereocenters. The van der Waals surface area contributed by atoms with E-state index in [9.17, 15) is 18.4 Å². The molecule has 0 aromatic carbocycles. The zero-order chi connectivity index (χ0) is 19.7. The Morgan fingerprint density at radius 2 is 2.00 bits per heavy atom. The van der Waals surface area contributed by atoms with Crippen LogP contribution in [0.15, 0.2) is 12.3 Å². The molecular weight excluding hydrogens is 380 g/mol. The second-order valence-electron chi connectivity index (χ2n) is 6.35. The Labute approximate surface area is 158 Å². The number of rotatable bonds is 5. The molecule has 3 rings (SSSR count). The monoisotopic (exact) mass is 399 g/mol. The molecule has 3 heterocycles. The van der Waals surface area contributed by atoms with Crippen molar-refractivity contribution in [1.82, 2.24) is 14.7 Å². The first kappa shape index (κ1) is 19.3. The van der Waals surface area contributed by atoms with Gasteiger partial charge in [-0.15, -0.1) is 11.3 Å². The smallest absolute Gasteiger partial charge is 0.387 e. The van der Waals surface area contributed by atoms with Crippen molar-refractivity contribution in [2.75, 3.05) is 13.1 Å². The number of alkyl halides is 2. The normalized spacial score (nSPS) is 15.4. The molecule has 1 amide bonds. The van der Waals surface area contributed by atoms with Crippen molar-refractivity contribution in [3.8, 4) is 5.75 Å². The molecule has 1 aliphatic heterocycles. The second kappa shape index (κ2) is 7.63. The first-order chi connectivity index (χ1) is 12.8. The molecule has 2 aromatic rings. The average molecular weight is 399 g/mol. The van der Waals surface area contributed by atoms with Crippen LogP contribution < -0.4 is 4.74 Å². The molecule has 2 aromatic heterocycles. The molecular formula is C17H19F2N3O4S. The van der Waals surface area contributed by atoms with Gasteiger partial charge in [0.1, 0.15) is 16.2 Å². The number of carbonyl (C=O) groups excluding carboxylic acids is 1. The molecule has 7 nitrogen and oxygen atoms in total. The second-order valence-corrected chi connectivity index (χ2v) is 7.60. The van der Waals surface area contributed by atoms with Gasteiger partial charge in [-0.2, -0.15) is 13.9 Å². The number of likely N-dealkylation sites (tertiary alicyclic amines) is 1. The summed E-state index contributed by atoms with van der Waals surface area (Å²) in [7, 11) is 0. The zero-order valence-electron chi connectivity index (χ0n) is 14.8. The van der Waals surface area contributed by atoms with E-state index >= 15 is 0 Å². The number of thiophene rings is 1. The number of hydrogen-bond acceptors (Lipinski definition) is 5. The number of amides is 1. The van der Waals surface area contributed by atoms with Crippen LogP contribution in [-0.2, 0) is 0 Å². The van der Waals surface area contributed by atoms with Gasteiger partial charge in [-0.3, -0.25) is 9.48 Å². The summed E-state index contributed by atoms with van der Waals surface area (Å²) in [5.74, 6) is -1.44. The number of carboxylic acid groups (broad SMARTS) is 1. The minimum atomic E-state index is -2.98. The number of halogens is 2. The van der Waals surface area contributed by atoms with E-state index in [1.807, 2.05) is 0 Å². The first-order valence-corrected chi connectivity index (χ1v) is 9.21. The minimum absolute atomic E-state index is 0.0102. The van der Waals surface area contributed by atoms with E-state index in [1.165, 1.54) is 12.3 Å². The molecule has 0 aliphatic carbocycles. The lowest BCUT2D eigenvalue weighted by Crippen LogP contribution is -2.39. The SMILES string of the molecule is Cc1cc(OC(F)F)c(C(=O)N2CCC(n3ncc(C(=O)O)c3C)CC2)s1. The molecule has 1 N–H and O–H groups in total. The van der Waals surface area contributed by atoms with Crippen LogP contribution in [0, 0.1) is 13.8 Å². The van der Waals surface area contributed by atoms with E-state index in [2.05, 4.69) is 9.84 Å². The summed E-state index contributed by atoms with van der Waals surface area (Å²) in [5, 5.41) is 13.3. The van der Waals surface area contributed by atoms with Gasteiger partial charge in [0, 0.05) is 18.0 Å². The Balaban J connectivity index is 1.69. The quantitative estimate of drug-likeness (QED) is 0.834. The molecule has 0 saturated carbocycles. The van der Waals surface area contributed by atoms with Gasteiger partial charge in [0.05, 0.1) is 17.9 Å². The van der Waals surface area contributed by atoms with Crippen molar-refractivity contribution >= 4 is 23.2 Å². The maximum Gasteiger partial charge on any atom is 0.387 e. The predicted molar refractivity (Wildman–Crippen MR) is 93.8 cm³/mol. The highest BCUT2D eigenvalue weighted by Gasteiger charge is 2.29. The zero-order valence-corrected chi connectivity index (χ0v) is 15.6. The molecule has 1 saturated heterocycles. The molecule has 10 heteroatoms. The lowest BCUT2D eigenvalue weighted by molar-refractivity contribution is -0.0499. The van der Waals surface area contributed by atoms with Gasteiger partial charge in [0.25, 0.3) is 5.91 Å². The predicted octanol–water partition coefficient (Wildman–Crippen LogP) is 3.34. The number of aryl methyl sites for hydroxylation is 1. The van der Waals surface area contributed by atoms with Crippen LogP contribution >= 0.6 is 11.3 Å². The van der Waals surface area contributed by atoms with Crippen LogP contribution in [0.3, 0.4) is 0 Å². The summed E-state index contributed by atoms with van der Waals surface area (Å²) in [5.41, 5.74) is 0.741. The molecule has 1 fully saturated rings. The van der Waals surface area contributed by atoms with Crippen molar-refractivity contribution in [2.24, 2.45) is 0 Å². The lowest BCUT2D eigenvalue weighted by Gasteiger charge is -2.32. The third-order valence-electron chi connectivity index (χ3n) is 4.60. The van der Waals surface area contributed by atoms with Gasteiger partial charge >= 0.3 is 12.6 Å². The van der Waals surface area contributed by atoms with Gasteiger partial charge in [0.2, 0.25) is 0 Å². The van der Waals surface area contributed by atoms with Crippen LogP contribution in [0.2, 0.25) is 0 Å². The summed E-state index contributed by atoms with van der Waals surface area (Å²) in [4.78, 5) is 26.4. The van der Waals surface area contributed by atoms with Gasteiger partial charge in [-0.25, -0.2) is 4.79 Å². The highest BCUT2D eigenvalue weighted by Crippen LogP contribution is 2.33. The summed E-state index contributed by atoms with van der Waals surface area (Å²) >= 11 is 1.13. The maximum absolute atomic E-state index is 12.7. The number of aromatic carboxylic acids is 1. The van der Waals surface area contributed by atoms with E-state index in [4.69, 9.17) is 5.11 Å². The number of aromatic nitrogens is 2. The summed E-state index contributed by atoms with van der Waals surface area (Å²) in [6.07, 6.45) is 2.53. The molecule has 27 heavy (non-hydrogen) atoms. The highest BCUT2D eigenvalue weighted by atomic mass is 32.1. The van der Waals surface area contributed by atoms with Gasteiger partial charge in [-0.1, -0.05) is 0 Å². The molecule has 0 bridgehead atoms. The van der Waals surface area contributed by atoms with E-state index in [0.29, 0.717) is 31.6 Å². The van der Waals surface area contributed by atoms with Crippen molar-refractivity contribution in [2.45, 2.75) is 39.3 Å². The largest absolute Gasteiger partial charge is 0.478 e. The van der Waals surface area contributed by atoms with Crippen molar-refractivity contribution in [3.63, 3.8) is 0 Å². The fourth-order valence-electron chi connectivity index (χ4n) is 3.28. The Kier molecular flexibility index (Phi) is 5.45. The van der Waals surface area contributed by atoms with Crippen molar-refractivity contribution in [3.05, 3.63) is 33.3 Å². The van der Waals surface area contributed by atoms with E-state index in [1.54, 1.807) is 23.4 Å². The van der Waals surface area contributed by atoms with Crippen LogP contribution in [0.4, 0.5) is 8.78 Å². The number of carboxylic acids is 1.